The number of nitrogens with zero attached hydrogens (tertiary/aromatic N) is 1. The van der Waals surface area contributed by atoms with Crippen molar-refractivity contribution >= 4 is 17.4 Å². The van der Waals surface area contributed by atoms with Crippen LogP contribution in [0.5, 0.6) is 11.5 Å². The molecule has 3 heterocycles. The number of hydrogen-bond acceptors (Lipinski definition) is 9. The Bertz CT molecular complexity index is 1150. The van der Waals surface area contributed by atoms with Crippen LogP contribution in [-0.4, -0.2) is 42.8 Å². The predicted molar refractivity (Wildman–Crippen MR) is 123 cm³/mol. The summed E-state index contributed by atoms with van der Waals surface area (Å²) in [5, 5.41) is 15.3. The second-order valence-electron chi connectivity index (χ2n) is 10.2. The lowest BCUT2D eigenvalue weighted by molar-refractivity contribution is -0.385. The first kappa shape index (κ1) is 23.3. The molecule has 3 aliphatic heterocycles. The number of fused-ring (bicyclic) bond motifs is 1. The molecule has 0 spiro atoms. The molecular formula is C25H28N2O8. The molecular weight excluding hydrogens is 456 g/mol. The minimum absolute atomic E-state index is 0.0667. The van der Waals surface area contributed by atoms with Crippen LogP contribution in [0.1, 0.15) is 51.0 Å². The molecule has 1 aromatic carbocycles. The minimum atomic E-state index is -1.04. The highest BCUT2D eigenvalue weighted by Gasteiger charge is 2.49. The molecule has 10 nitrogen and oxygen atoms in total. The molecule has 0 saturated carbocycles. The summed E-state index contributed by atoms with van der Waals surface area (Å²) in [7, 11) is 0. The van der Waals surface area contributed by atoms with E-state index in [-0.39, 0.29) is 54.1 Å². The van der Waals surface area contributed by atoms with Crippen LogP contribution in [0.4, 0.5) is 5.69 Å². The molecule has 4 aliphatic rings. The SMILES string of the molecule is C=C1NC2=C(C(=O)CC(C)(C)C2)C(c2cc3c(cc2[N+](=O)[O-])OCO3)C1C(=O)OCC1CCCO1. The number of rotatable bonds is 5. The summed E-state index contributed by atoms with van der Waals surface area (Å²) in [6.07, 6.45) is 2.30. The fourth-order valence-corrected chi connectivity index (χ4v) is 5.45. The van der Waals surface area contributed by atoms with Crippen LogP contribution in [0.3, 0.4) is 0 Å². The minimum Gasteiger partial charge on any atom is -0.462 e. The van der Waals surface area contributed by atoms with E-state index in [1.54, 1.807) is 0 Å². The molecule has 0 amide bonds. The Balaban J connectivity index is 1.62. The molecule has 1 saturated heterocycles. The molecule has 0 radical (unpaired) electrons. The Morgan fingerprint density at radius 2 is 2.03 bits per heavy atom. The van der Waals surface area contributed by atoms with Crippen LogP contribution in [0.25, 0.3) is 0 Å². The molecule has 10 heteroatoms. The number of allylic oxidation sites excluding steroid dienone is 2. The maximum absolute atomic E-state index is 13.5. The van der Waals surface area contributed by atoms with Crippen LogP contribution in [-0.2, 0) is 19.1 Å². The zero-order chi connectivity index (χ0) is 24.9. The van der Waals surface area contributed by atoms with Crippen molar-refractivity contribution < 1.29 is 33.5 Å². The number of nitro groups is 1. The second kappa shape index (κ2) is 8.67. The maximum atomic E-state index is 13.5. The Labute approximate surface area is 202 Å². The maximum Gasteiger partial charge on any atom is 0.315 e. The molecule has 0 aromatic heterocycles. The van der Waals surface area contributed by atoms with Crippen LogP contribution in [0, 0.1) is 21.4 Å². The lowest BCUT2D eigenvalue weighted by atomic mass is 9.66. The number of nitrogens with one attached hydrogen (secondary N) is 1. The van der Waals surface area contributed by atoms with E-state index in [1.165, 1.54) is 12.1 Å². The van der Waals surface area contributed by atoms with Crippen molar-refractivity contribution in [3.63, 3.8) is 0 Å². The number of hydrogen-bond donors (Lipinski definition) is 1. The number of esters is 1. The smallest absolute Gasteiger partial charge is 0.315 e. The molecule has 1 N–H and O–H groups in total. The lowest BCUT2D eigenvalue weighted by Gasteiger charge is -2.42. The third kappa shape index (κ3) is 4.27. The Kier molecular flexibility index (Phi) is 5.79. The van der Waals surface area contributed by atoms with E-state index in [0.29, 0.717) is 35.7 Å². The van der Waals surface area contributed by atoms with Gasteiger partial charge in [-0.3, -0.25) is 19.7 Å². The van der Waals surface area contributed by atoms with Gasteiger partial charge < -0.3 is 24.3 Å². The average Bonchev–Trinajstić information content (AvgIpc) is 3.46. The zero-order valence-electron chi connectivity index (χ0n) is 19.8. The van der Waals surface area contributed by atoms with Crippen molar-refractivity contribution in [3.8, 4) is 11.5 Å². The molecule has 3 atom stereocenters. The quantitative estimate of drug-likeness (QED) is 0.379. The fraction of sp³-hybridized carbons (Fsp3) is 0.520. The molecule has 186 valence electrons. The fourth-order valence-electron chi connectivity index (χ4n) is 5.45. The van der Waals surface area contributed by atoms with Crippen molar-refractivity contribution in [3.05, 3.63) is 51.4 Å². The summed E-state index contributed by atoms with van der Waals surface area (Å²) in [4.78, 5) is 38.5. The Morgan fingerprint density at radius 3 is 2.71 bits per heavy atom. The summed E-state index contributed by atoms with van der Waals surface area (Å²) in [5.41, 5.74) is 0.969. The first-order valence-electron chi connectivity index (χ1n) is 11.7. The number of carbonyl (C=O) groups is 2. The summed E-state index contributed by atoms with van der Waals surface area (Å²) in [6, 6.07) is 2.79. The number of carbonyl (C=O) groups excluding carboxylic acids is 2. The summed E-state index contributed by atoms with van der Waals surface area (Å²) >= 11 is 0. The Hall–Kier alpha value is -3.40. The third-order valence-electron chi connectivity index (χ3n) is 6.99. The van der Waals surface area contributed by atoms with Gasteiger partial charge in [-0.25, -0.2) is 0 Å². The van der Waals surface area contributed by atoms with Crippen molar-refractivity contribution in [1.29, 1.82) is 0 Å². The van der Waals surface area contributed by atoms with Gasteiger partial charge in [0, 0.05) is 41.5 Å². The molecule has 1 aliphatic carbocycles. The number of benzene rings is 1. The van der Waals surface area contributed by atoms with E-state index < -0.39 is 22.7 Å². The van der Waals surface area contributed by atoms with Crippen molar-refractivity contribution in [1.82, 2.24) is 5.32 Å². The topological polar surface area (TPSA) is 126 Å². The van der Waals surface area contributed by atoms with E-state index >= 15 is 0 Å². The average molecular weight is 485 g/mol. The third-order valence-corrected chi connectivity index (χ3v) is 6.99. The first-order valence-corrected chi connectivity index (χ1v) is 11.7. The molecule has 5 rings (SSSR count). The lowest BCUT2D eigenvalue weighted by Crippen LogP contribution is -2.44. The van der Waals surface area contributed by atoms with Gasteiger partial charge in [0.2, 0.25) is 6.79 Å². The van der Waals surface area contributed by atoms with Gasteiger partial charge in [-0.1, -0.05) is 20.4 Å². The van der Waals surface area contributed by atoms with Gasteiger partial charge in [-0.05, 0) is 30.7 Å². The second-order valence-corrected chi connectivity index (χ2v) is 10.2. The van der Waals surface area contributed by atoms with Gasteiger partial charge in [-0.2, -0.15) is 0 Å². The first-order chi connectivity index (χ1) is 16.6. The van der Waals surface area contributed by atoms with Gasteiger partial charge in [0.15, 0.2) is 17.3 Å². The van der Waals surface area contributed by atoms with Gasteiger partial charge in [0.1, 0.15) is 12.5 Å². The molecule has 1 fully saturated rings. The number of ketones is 1. The number of ether oxygens (including phenoxy) is 4. The Morgan fingerprint density at radius 1 is 1.29 bits per heavy atom. The molecule has 1 aromatic rings. The van der Waals surface area contributed by atoms with E-state index in [1.807, 2.05) is 13.8 Å². The van der Waals surface area contributed by atoms with Gasteiger partial charge in [0.05, 0.1) is 17.1 Å². The molecule has 0 bridgehead atoms. The highest BCUT2D eigenvalue weighted by molar-refractivity contribution is 6.01. The highest BCUT2D eigenvalue weighted by Crippen LogP contribution is 2.52. The summed E-state index contributed by atoms with van der Waals surface area (Å²) in [6.45, 7) is 8.66. The van der Waals surface area contributed by atoms with Crippen LogP contribution >= 0.6 is 0 Å². The number of Topliss-reactive ketones (excluding diaryl/α,β-unsaturated/α-hetero) is 1. The van der Waals surface area contributed by atoms with Gasteiger partial charge in [0.25, 0.3) is 5.69 Å². The van der Waals surface area contributed by atoms with Crippen LogP contribution in [0.2, 0.25) is 0 Å². The van der Waals surface area contributed by atoms with Gasteiger partial charge in [-0.15, -0.1) is 0 Å². The zero-order valence-corrected chi connectivity index (χ0v) is 19.8. The predicted octanol–water partition coefficient (Wildman–Crippen LogP) is 3.51. The van der Waals surface area contributed by atoms with Gasteiger partial charge >= 0.3 is 5.97 Å². The summed E-state index contributed by atoms with van der Waals surface area (Å²) in [5.74, 6) is -2.19. The summed E-state index contributed by atoms with van der Waals surface area (Å²) < 4.78 is 22.0. The van der Waals surface area contributed by atoms with Crippen LogP contribution in [0.15, 0.2) is 35.7 Å². The standard InChI is InChI=1S/C25H28N2O8/c1-13-21(24(29)33-11-14-5-4-6-32-14)22(23-16(26-13)9-25(2,3)10-18(23)28)15-7-19-20(35-12-34-19)8-17(15)27(30)31/h7-8,14,21-22,26H,1,4-6,9-12H2,2-3H3. The monoisotopic (exact) mass is 484 g/mol. The van der Waals surface area contributed by atoms with Crippen LogP contribution < -0.4 is 14.8 Å². The number of nitro benzene ring substituents is 1. The highest BCUT2D eigenvalue weighted by atomic mass is 16.7. The van der Waals surface area contributed by atoms with Crippen molar-refractivity contribution in [2.75, 3.05) is 20.0 Å². The van der Waals surface area contributed by atoms with Crippen molar-refractivity contribution in [2.24, 2.45) is 11.3 Å². The normalized spacial score (nSPS) is 26.9. The van der Waals surface area contributed by atoms with E-state index in [4.69, 9.17) is 18.9 Å². The molecule has 35 heavy (non-hydrogen) atoms. The van der Waals surface area contributed by atoms with E-state index in [9.17, 15) is 19.7 Å². The largest absolute Gasteiger partial charge is 0.462 e. The van der Waals surface area contributed by atoms with Crippen molar-refractivity contribution in [2.45, 2.75) is 51.6 Å². The van der Waals surface area contributed by atoms with E-state index in [2.05, 4.69) is 11.9 Å². The van der Waals surface area contributed by atoms with E-state index in [0.717, 1.165) is 12.8 Å². The molecule has 3 unspecified atom stereocenters.